The zero-order valence-corrected chi connectivity index (χ0v) is 16.6. The number of hydrogen-bond acceptors (Lipinski definition) is 6. The van der Waals surface area contributed by atoms with Crippen LogP contribution in [0.1, 0.15) is 15.9 Å². The molecule has 150 valence electrons. The molecule has 3 aromatic rings. The Labute approximate surface area is 169 Å². The highest BCUT2D eigenvalue weighted by atomic mass is 32.2. The van der Waals surface area contributed by atoms with Crippen molar-refractivity contribution < 1.29 is 26.9 Å². The number of para-hydroxylation sites is 1. The Hall–Kier alpha value is -3.32. The number of benzene rings is 3. The summed E-state index contributed by atoms with van der Waals surface area (Å²) in [4.78, 5) is 12.1. The standard InChI is InChI=1S/C22H20O6S/c1-17-7-13-21(14-8-17)29(24,25)28-20-11-9-18(10-12-20)22(23)27-16-15-26-19-5-3-2-4-6-19/h2-14H,15-16H2,1H3. The van der Waals surface area contributed by atoms with Crippen molar-refractivity contribution in [1.29, 1.82) is 0 Å². The lowest BCUT2D eigenvalue weighted by molar-refractivity contribution is 0.0450. The van der Waals surface area contributed by atoms with Gasteiger partial charge in [-0.25, -0.2) is 4.79 Å². The van der Waals surface area contributed by atoms with Gasteiger partial charge in [-0.1, -0.05) is 35.9 Å². The van der Waals surface area contributed by atoms with Crippen LogP contribution in [0.5, 0.6) is 11.5 Å². The van der Waals surface area contributed by atoms with Gasteiger partial charge in [0.15, 0.2) is 0 Å². The van der Waals surface area contributed by atoms with Crippen molar-refractivity contribution in [3.63, 3.8) is 0 Å². The van der Waals surface area contributed by atoms with Gasteiger partial charge in [-0.05, 0) is 55.5 Å². The molecule has 0 amide bonds. The number of carbonyl (C=O) groups excluding carboxylic acids is 1. The normalized spacial score (nSPS) is 10.9. The average Bonchev–Trinajstić information content (AvgIpc) is 2.72. The van der Waals surface area contributed by atoms with E-state index in [2.05, 4.69) is 0 Å². The molecule has 0 aliphatic rings. The monoisotopic (exact) mass is 412 g/mol. The molecule has 6 nitrogen and oxygen atoms in total. The van der Waals surface area contributed by atoms with Crippen LogP contribution in [0.4, 0.5) is 0 Å². The van der Waals surface area contributed by atoms with E-state index in [0.29, 0.717) is 5.75 Å². The summed E-state index contributed by atoms with van der Waals surface area (Å²) in [5.74, 6) is 0.268. The Morgan fingerprint density at radius 2 is 1.45 bits per heavy atom. The zero-order chi connectivity index (χ0) is 20.7. The summed E-state index contributed by atoms with van der Waals surface area (Å²) >= 11 is 0. The Balaban J connectivity index is 1.52. The SMILES string of the molecule is Cc1ccc(S(=O)(=O)Oc2ccc(C(=O)OCCOc3ccccc3)cc2)cc1. The first-order valence-corrected chi connectivity index (χ1v) is 10.3. The topological polar surface area (TPSA) is 78.9 Å². The van der Waals surface area contributed by atoms with E-state index >= 15 is 0 Å². The molecule has 0 saturated carbocycles. The lowest BCUT2D eigenvalue weighted by atomic mass is 10.2. The van der Waals surface area contributed by atoms with Crippen LogP contribution >= 0.6 is 0 Å². The average molecular weight is 412 g/mol. The molecule has 0 unspecified atom stereocenters. The van der Waals surface area contributed by atoms with E-state index in [-0.39, 0.29) is 29.4 Å². The second-order valence-corrected chi connectivity index (χ2v) is 7.72. The van der Waals surface area contributed by atoms with E-state index in [0.717, 1.165) is 5.56 Å². The van der Waals surface area contributed by atoms with E-state index in [1.54, 1.807) is 12.1 Å². The molecule has 3 rings (SSSR count). The largest absolute Gasteiger partial charge is 0.490 e. The summed E-state index contributed by atoms with van der Waals surface area (Å²) in [5.41, 5.74) is 1.23. The number of carbonyl (C=O) groups is 1. The number of aryl methyl sites for hydroxylation is 1. The summed E-state index contributed by atoms with van der Waals surface area (Å²) in [6.45, 7) is 2.18. The molecule has 0 fully saturated rings. The Kier molecular flexibility index (Phi) is 6.51. The lowest BCUT2D eigenvalue weighted by Gasteiger charge is -2.09. The maximum atomic E-state index is 12.3. The fourth-order valence-corrected chi connectivity index (χ4v) is 3.35. The predicted octanol–water partition coefficient (Wildman–Crippen LogP) is 4.00. The van der Waals surface area contributed by atoms with Crippen molar-refractivity contribution in [1.82, 2.24) is 0 Å². The third-order valence-corrected chi connectivity index (χ3v) is 5.20. The molecular formula is C22H20O6S. The van der Waals surface area contributed by atoms with Gasteiger partial charge in [-0.15, -0.1) is 0 Å². The summed E-state index contributed by atoms with van der Waals surface area (Å²) < 4.78 is 40.3. The second-order valence-electron chi connectivity index (χ2n) is 6.17. The minimum absolute atomic E-state index is 0.0602. The molecule has 0 spiro atoms. The van der Waals surface area contributed by atoms with Crippen LogP contribution in [0.15, 0.2) is 83.8 Å². The highest BCUT2D eigenvalue weighted by Crippen LogP contribution is 2.20. The van der Waals surface area contributed by atoms with Crippen molar-refractivity contribution in [2.45, 2.75) is 11.8 Å². The van der Waals surface area contributed by atoms with E-state index in [1.807, 2.05) is 37.3 Å². The molecular weight excluding hydrogens is 392 g/mol. The summed E-state index contributed by atoms with van der Waals surface area (Å²) in [6.07, 6.45) is 0. The van der Waals surface area contributed by atoms with Crippen molar-refractivity contribution in [3.8, 4) is 11.5 Å². The first kappa shape index (κ1) is 20.4. The summed E-state index contributed by atoms with van der Waals surface area (Å²) in [6, 6.07) is 21.2. The minimum atomic E-state index is -3.94. The van der Waals surface area contributed by atoms with Gasteiger partial charge < -0.3 is 13.7 Å². The van der Waals surface area contributed by atoms with Gasteiger partial charge in [0.1, 0.15) is 29.6 Å². The van der Waals surface area contributed by atoms with Crippen LogP contribution < -0.4 is 8.92 Å². The Morgan fingerprint density at radius 3 is 2.10 bits per heavy atom. The number of ether oxygens (including phenoxy) is 2. The highest BCUT2D eigenvalue weighted by Gasteiger charge is 2.17. The molecule has 0 bridgehead atoms. The van der Waals surface area contributed by atoms with Gasteiger partial charge in [0.2, 0.25) is 0 Å². The highest BCUT2D eigenvalue weighted by molar-refractivity contribution is 7.87. The van der Waals surface area contributed by atoms with Gasteiger partial charge in [0.05, 0.1) is 5.56 Å². The van der Waals surface area contributed by atoms with Crippen molar-refractivity contribution in [3.05, 3.63) is 90.0 Å². The molecule has 29 heavy (non-hydrogen) atoms. The first-order chi connectivity index (χ1) is 13.9. The Morgan fingerprint density at radius 1 is 0.793 bits per heavy atom. The molecule has 0 N–H and O–H groups in total. The van der Waals surface area contributed by atoms with Crippen LogP contribution in [-0.4, -0.2) is 27.6 Å². The smallest absolute Gasteiger partial charge is 0.339 e. The second kappa shape index (κ2) is 9.25. The molecule has 0 heterocycles. The summed E-state index contributed by atoms with van der Waals surface area (Å²) in [7, 11) is -3.94. The molecule has 0 aliphatic heterocycles. The van der Waals surface area contributed by atoms with Gasteiger partial charge in [0, 0.05) is 0 Å². The van der Waals surface area contributed by atoms with Gasteiger partial charge >= 0.3 is 16.1 Å². The summed E-state index contributed by atoms with van der Waals surface area (Å²) in [5, 5.41) is 0. The van der Waals surface area contributed by atoms with Crippen molar-refractivity contribution in [2.75, 3.05) is 13.2 Å². The van der Waals surface area contributed by atoms with Gasteiger partial charge in [0.25, 0.3) is 0 Å². The van der Waals surface area contributed by atoms with Crippen LogP contribution in [0.25, 0.3) is 0 Å². The molecule has 3 aromatic carbocycles. The van der Waals surface area contributed by atoms with E-state index in [1.165, 1.54) is 36.4 Å². The van der Waals surface area contributed by atoms with Crippen LogP contribution in [0.3, 0.4) is 0 Å². The third-order valence-electron chi connectivity index (χ3n) is 3.93. The van der Waals surface area contributed by atoms with Gasteiger partial charge in [-0.2, -0.15) is 8.42 Å². The molecule has 0 radical (unpaired) electrons. The van der Waals surface area contributed by atoms with E-state index < -0.39 is 16.1 Å². The lowest BCUT2D eigenvalue weighted by Crippen LogP contribution is -2.13. The van der Waals surface area contributed by atoms with E-state index in [9.17, 15) is 13.2 Å². The molecule has 0 aliphatic carbocycles. The Bertz CT molecular complexity index is 1040. The number of rotatable bonds is 8. The maximum absolute atomic E-state index is 12.3. The maximum Gasteiger partial charge on any atom is 0.339 e. The predicted molar refractivity (Wildman–Crippen MR) is 108 cm³/mol. The molecule has 7 heteroatoms. The van der Waals surface area contributed by atoms with E-state index in [4.69, 9.17) is 13.7 Å². The zero-order valence-electron chi connectivity index (χ0n) is 15.8. The number of hydrogen-bond donors (Lipinski definition) is 0. The van der Waals surface area contributed by atoms with Crippen molar-refractivity contribution >= 4 is 16.1 Å². The fourth-order valence-electron chi connectivity index (χ4n) is 2.42. The fraction of sp³-hybridized carbons (Fsp3) is 0.136. The minimum Gasteiger partial charge on any atom is -0.490 e. The third kappa shape index (κ3) is 5.83. The van der Waals surface area contributed by atoms with Crippen molar-refractivity contribution in [2.24, 2.45) is 0 Å². The molecule has 0 aromatic heterocycles. The van der Waals surface area contributed by atoms with Crippen LogP contribution in [0.2, 0.25) is 0 Å². The molecule has 0 saturated heterocycles. The quantitative estimate of drug-likeness (QED) is 0.316. The van der Waals surface area contributed by atoms with Gasteiger partial charge in [-0.3, -0.25) is 0 Å². The van der Waals surface area contributed by atoms with Crippen LogP contribution in [0, 0.1) is 6.92 Å². The molecule has 0 atom stereocenters. The number of esters is 1. The first-order valence-electron chi connectivity index (χ1n) is 8.90. The van der Waals surface area contributed by atoms with Crippen LogP contribution in [-0.2, 0) is 14.9 Å².